The lowest BCUT2D eigenvalue weighted by Gasteiger charge is -2.05. The first kappa shape index (κ1) is 12.7. The molecule has 1 aromatic heterocycles. The van der Waals surface area contributed by atoms with Gasteiger partial charge in [-0.25, -0.2) is 0 Å². The summed E-state index contributed by atoms with van der Waals surface area (Å²) in [6.45, 7) is 0.0533. The summed E-state index contributed by atoms with van der Waals surface area (Å²) < 4.78 is 0. The van der Waals surface area contributed by atoms with Gasteiger partial charge >= 0.3 is 0 Å². The van der Waals surface area contributed by atoms with Crippen molar-refractivity contribution < 1.29 is 9.59 Å². The molecule has 104 valence electrons. The van der Waals surface area contributed by atoms with Crippen molar-refractivity contribution in [1.29, 1.82) is 0 Å². The average molecular weight is 271 g/mol. The van der Waals surface area contributed by atoms with Gasteiger partial charge in [-0.15, -0.1) is 0 Å². The predicted molar refractivity (Wildman–Crippen MR) is 76.2 cm³/mol. The molecule has 5 nitrogen and oxygen atoms in total. The van der Waals surface area contributed by atoms with E-state index in [4.69, 9.17) is 0 Å². The molecule has 0 unspecified atom stereocenters. The molecular weight excluding hydrogens is 254 g/mol. The smallest absolute Gasteiger partial charge is 0.239 e. The first-order valence-corrected chi connectivity index (χ1v) is 6.83. The van der Waals surface area contributed by atoms with E-state index >= 15 is 0 Å². The summed E-state index contributed by atoms with van der Waals surface area (Å²) in [6, 6.07) is 8.17. The SMILES string of the molecule is O=C(Cc1c[nH]c2ccccc12)NCC(=O)NC1CC1. The number of hydrogen-bond acceptors (Lipinski definition) is 2. The van der Waals surface area contributed by atoms with Gasteiger partial charge in [-0.2, -0.15) is 0 Å². The zero-order chi connectivity index (χ0) is 13.9. The average Bonchev–Trinajstić information content (AvgIpc) is 3.17. The van der Waals surface area contributed by atoms with Gasteiger partial charge in [-0.3, -0.25) is 9.59 Å². The van der Waals surface area contributed by atoms with Crippen LogP contribution in [0.25, 0.3) is 10.9 Å². The summed E-state index contributed by atoms with van der Waals surface area (Å²) in [5, 5.41) is 6.54. The molecule has 5 heteroatoms. The molecule has 0 spiro atoms. The Morgan fingerprint density at radius 3 is 2.80 bits per heavy atom. The van der Waals surface area contributed by atoms with Crippen molar-refractivity contribution in [2.75, 3.05) is 6.54 Å². The van der Waals surface area contributed by atoms with Crippen molar-refractivity contribution in [2.24, 2.45) is 0 Å². The van der Waals surface area contributed by atoms with Crippen LogP contribution in [0.1, 0.15) is 18.4 Å². The van der Waals surface area contributed by atoms with Crippen LogP contribution in [0.3, 0.4) is 0 Å². The fourth-order valence-corrected chi connectivity index (χ4v) is 2.20. The van der Waals surface area contributed by atoms with Crippen molar-refractivity contribution in [3.63, 3.8) is 0 Å². The summed E-state index contributed by atoms with van der Waals surface area (Å²) >= 11 is 0. The lowest BCUT2D eigenvalue weighted by atomic mass is 10.1. The molecule has 0 bridgehead atoms. The maximum absolute atomic E-state index is 11.9. The van der Waals surface area contributed by atoms with Gasteiger partial charge in [0, 0.05) is 23.1 Å². The summed E-state index contributed by atoms with van der Waals surface area (Å²) in [5.41, 5.74) is 1.96. The number of fused-ring (bicyclic) bond motifs is 1. The maximum atomic E-state index is 11.9. The summed E-state index contributed by atoms with van der Waals surface area (Å²) in [7, 11) is 0. The molecule has 1 saturated carbocycles. The number of H-pyrrole nitrogens is 1. The zero-order valence-electron chi connectivity index (χ0n) is 11.1. The Kier molecular flexibility index (Phi) is 3.41. The number of benzene rings is 1. The molecule has 0 radical (unpaired) electrons. The minimum Gasteiger partial charge on any atom is -0.361 e. The number of aromatic nitrogens is 1. The molecular formula is C15H17N3O2. The zero-order valence-corrected chi connectivity index (χ0v) is 11.1. The van der Waals surface area contributed by atoms with Gasteiger partial charge in [0.1, 0.15) is 0 Å². The van der Waals surface area contributed by atoms with Gasteiger partial charge in [0.2, 0.25) is 11.8 Å². The predicted octanol–water partition coefficient (Wildman–Crippen LogP) is 1.11. The highest BCUT2D eigenvalue weighted by Gasteiger charge is 2.23. The first-order valence-electron chi connectivity index (χ1n) is 6.83. The van der Waals surface area contributed by atoms with Crippen LogP contribution in [-0.4, -0.2) is 29.4 Å². The molecule has 1 aromatic carbocycles. The van der Waals surface area contributed by atoms with Gasteiger partial charge in [0.15, 0.2) is 0 Å². The topological polar surface area (TPSA) is 74.0 Å². The molecule has 20 heavy (non-hydrogen) atoms. The lowest BCUT2D eigenvalue weighted by molar-refractivity contribution is -0.125. The Bertz CT molecular complexity index is 643. The molecule has 3 N–H and O–H groups in total. The fraction of sp³-hybridized carbons (Fsp3) is 0.333. The molecule has 3 rings (SSSR count). The molecule has 2 aromatic rings. The van der Waals surface area contributed by atoms with E-state index in [-0.39, 0.29) is 24.8 Å². The fourth-order valence-electron chi connectivity index (χ4n) is 2.20. The molecule has 1 fully saturated rings. The van der Waals surface area contributed by atoms with Gasteiger partial charge < -0.3 is 15.6 Å². The van der Waals surface area contributed by atoms with E-state index in [1.165, 1.54) is 0 Å². The van der Waals surface area contributed by atoms with E-state index in [1.54, 1.807) is 0 Å². The van der Waals surface area contributed by atoms with Crippen molar-refractivity contribution in [2.45, 2.75) is 25.3 Å². The maximum Gasteiger partial charge on any atom is 0.239 e. The Morgan fingerprint density at radius 2 is 2.00 bits per heavy atom. The molecule has 1 aliphatic carbocycles. The normalized spacial score (nSPS) is 14.2. The van der Waals surface area contributed by atoms with Crippen LogP contribution < -0.4 is 10.6 Å². The van der Waals surface area contributed by atoms with E-state index in [0.29, 0.717) is 6.04 Å². The van der Waals surface area contributed by atoms with Gasteiger partial charge in [0.25, 0.3) is 0 Å². The highest BCUT2D eigenvalue weighted by molar-refractivity contribution is 5.90. The highest BCUT2D eigenvalue weighted by Crippen LogP contribution is 2.18. The minimum atomic E-state index is -0.138. The number of rotatable bonds is 5. The molecule has 1 aliphatic rings. The van der Waals surface area contributed by atoms with Gasteiger partial charge in [0.05, 0.1) is 13.0 Å². The number of amides is 2. The number of hydrogen-bond donors (Lipinski definition) is 3. The van der Waals surface area contributed by atoms with E-state index < -0.39 is 0 Å². The van der Waals surface area contributed by atoms with E-state index in [0.717, 1.165) is 29.3 Å². The van der Waals surface area contributed by atoms with Crippen molar-refractivity contribution in [3.8, 4) is 0 Å². The van der Waals surface area contributed by atoms with Crippen LogP contribution in [0, 0.1) is 0 Å². The number of carbonyl (C=O) groups is 2. The third-order valence-electron chi connectivity index (χ3n) is 3.41. The standard InChI is InChI=1S/C15H17N3O2/c19-14(17-9-15(20)18-11-5-6-11)7-10-8-16-13-4-2-1-3-12(10)13/h1-4,8,11,16H,5-7,9H2,(H,17,19)(H,18,20). The lowest BCUT2D eigenvalue weighted by Crippen LogP contribution is -2.38. The first-order chi connectivity index (χ1) is 9.72. The van der Waals surface area contributed by atoms with Crippen molar-refractivity contribution in [3.05, 3.63) is 36.0 Å². The number of nitrogens with one attached hydrogen (secondary N) is 3. The largest absolute Gasteiger partial charge is 0.361 e. The Labute approximate surface area is 116 Å². The van der Waals surface area contributed by atoms with Gasteiger partial charge in [-0.05, 0) is 24.5 Å². The quantitative estimate of drug-likeness (QED) is 0.762. The van der Waals surface area contributed by atoms with E-state index in [1.807, 2.05) is 30.5 Å². The van der Waals surface area contributed by atoms with E-state index in [2.05, 4.69) is 15.6 Å². The van der Waals surface area contributed by atoms with Crippen LogP contribution in [0.4, 0.5) is 0 Å². The number of para-hydroxylation sites is 1. The van der Waals surface area contributed by atoms with Crippen LogP contribution in [0.5, 0.6) is 0 Å². The highest BCUT2D eigenvalue weighted by atomic mass is 16.2. The van der Waals surface area contributed by atoms with E-state index in [9.17, 15) is 9.59 Å². The molecule has 2 amide bonds. The minimum absolute atomic E-state index is 0.0533. The van der Waals surface area contributed by atoms with Crippen molar-refractivity contribution in [1.82, 2.24) is 15.6 Å². The van der Waals surface area contributed by atoms with Crippen LogP contribution in [0.2, 0.25) is 0 Å². The van der Waals surface area contributed by atoms with Crippen molar-refractivity contribution >= 4 is 22.7 Å². The second-order valence-electron chi connectivity index (χ2n) is 5.15. The Hall–Kier alpha value is -2.30. The summed E-state index contributed by atoms with van der Waals surface area (Å²) in [5.74, 6) is -0.250. The van der Waals surface area contributed by atoms with Crippen LogP contribution >= 0.6 is 0 Å². The Balaban J connectivity index is 1.54. The second kappa shape index (κ2) is 5.36. The van der Waals surface area contributed by atoms with Crippen LogP contribution in [-0.2, 0) is 16.0 Å². The third-order valence-corrected chi connectivity index (χ3v) is 3.41. The number of carbonyl (C=O) groups excluding carboxylic acids is 2. The second-order valence-corrected chi connectivity index (χ2v) is 5.15. The molecule has 0 aliphatic heterocycles. The summed E-state index contributed by atoms with van der Waals surface area (Å²) in [4.78, 5) is 26.5. The Morgan fingerprint density at radius 1 is 1.20 bits per heavy atom. The third kappa shape index (κ3) is 2.99. The van der Waals surface area contributed by atoms with Gasteiger partial charge in [-0.1, -0.05) is 18.2 Å². The molecule has 0 saturated heterocycles. The molecule has 0 atom stereocenters. The monoisotopic (exact) mass is 271 g/mol. The summed E-state index contributed by atoms with van der Waals surface area (Å²) in [6.07, 6.45) is 4.22. The van der Waals surface area contributed by atoms with Crippen LogP contribution in [0.15, 0.2) is 30.5 Å². The molecule has 1 heterocycles. The number of aromatic amines is 1.